The van der Waals surface area contributed by atoms with E-state index in [1.165, 1.54) is 6.33 Å². The Hall–Kier alpha value is -3.50. The van der Waals surface area contributed by atoms with Gasteiger partial charge < -0.3 is 15.5 Å². The van der Waals surface area contributed by atoms with E-state index in [9.17, 15) is 14.4 Å². The Kier molecular flexibility index (Phi) is 3.95. The number of nitrogens with one attached hydrogen (secondary N) is 3. The molecule has 1 atom stereocenters. The van der Waals surface area contributed by atoms with Gasteiger partial charge in [0.25, 0.3) is 5.91 Å². The topological polar surface area (TPSA) is 134 Å². The van der Waals surface area contributed by atoms with Gasteiger partial charge in [-0.15, -0.1) is 0 Å². The van der Waals surface area contributed by atoms with Crippen molar-refractivity contribution in [1.82, 2.24) is 35.7 Å². The molecule has 2 aromatic rings. The van der Waals surface area contributed by atoms with E-state index in [1.54, 1.807) is 29.2 Å². The zero-order valence-corrected chi connectivity index (χ0v) is 13.6. The molecule has 11 nitrogen and oxygen atoms in total. The number of aromatic nitrogens is 4. The fourth-order valence-corrected chi connectivity index (χ4v) is 2.81. The van der Waals surface area contributed by atoms with E-state index in [2.05, 4.69) is 31.0 Å². The molecular formula is C15H16N8O3. The molecular weight excluding hydrogens is 340 g/mol. The van der Waals surface area contributed by atoms with Crippen LogP contribution in [0.3, 0.4) is 0 Å². The highest BCUT2D eigenvalue weighted by Crippen LogP contribution is 2.23. The first-order valence-electron chi connectivity index (χ1n) is 8.06. The second kappa shape index (κ2) is 6.43. The molecule has 11 heteroatoms. The van der Waals surface area contributed by atoms with Crippen molar-refractivity contribution >= 4 is 23.7 Å². The third-order valence-corrected chi connectivity index (χ3v) is 4.29. The number of rotatable bonds is 4. The predicted octanol–water partition coefficient (Wildman–Crippen LogP) is -1.58. The highest BCUT2D eigenvalue weighted by molar-refractivity contribution is 6.01. The zero-order valence-electron chi connectivity index (χ0n) is 13.6. The number of urea groups is 1. The van der Waals surface area contributed by atoms with Crippen LogP contribution in [0.25, 0.3) is 5.82 Å². The Morgan fingerprint density at radius 1 is 1.23 bits per heavy atom. The van der Waals surface area contributed by atoms with Crippen LogP contribution in [0.4, 0.5) is 10.6 Å². The number of imide groups is 1. The van der Waals surface area contributed by atoms with Crippen molar-refractivity contribution in [3.8, 4) is 5.82 Å². The molecule has 0 saturated carbocycles. The fourth-order valence-electron chi connectivity index (χ4n) is 2.81. The summed E-state index contributed by atoms with van der Waals surface area (Å²) < 4.78 is 1.63. The number of hydrogen-bond donors (Lipinski definition) is 3. The summed E-state index contributed by atoms with van der Waals surface area (Å²) in [6, 6.07) is 2.30. The van der Waals surface area contributed by atoms with E-state index in [0.717, 1.165) is 0 Å². The minimum absolute atomic E-state index is 0.0893. The lowest BCUT2D eigenvalue weighted by atomic mass is 9.98. The minimum Gasteiger partial charge on any atom is -0.355 e. The smallest absolute Gasteiger partial charge is 0.321 e. The van der Waals surface area contributed by atoms with Crippen molar-refractivity contribution in [2.75, 3.05) is 24.5 Å². The summed E-state index contributed by atoms with van der Waals surface area (Å²) in [4.78, 5) is 45.3. The molecule has 1 unspecified atom stereocenters. The number of nitrogens with zero attached hydrogens (tertiary/aromatic N) is 5. The Balaban J connectivity index is 1.34. The van der Waals surface area contributed by atoms with Gasteiger partial charge in [0.15, 0.2) is 5.82 Å². The molecule has 0 radical (unpaired) electrons. The van der Waals surface area contributed by atoms with Crippen LogP contribution in [0.15, 0.2) is 30.9 Å². The first-order valence-corrected chi connectivity index (χ1v) is 8.06. The van der Waals surface area contributed by atoms with Crippen molar-refractivity contribution in [3.05, 3.63) is 30.9 Å². The van der Waals surface area contributed by atoms with Crippen LogP contribution in [0.1, 0.15) is 0 Å². The first kappa shape index (κ1) is 16.0. The molecule has 0 spiro atoms. The molecule has 4 heterocycles. The molecule has 4 amide bonds. The molecule has 2 aliphatic rings. The van der Waals surface area contributed by atoms with Crippen molar-refractivity contribution in [1.29, 1.82) is 0 Å². The summed E-state index contributed by atoms with van der Waals surface area (Å²) in [7, 11) is 0. The van der Waals surface area contributed by atoms with Crippen LogP contribution >= 0.6 is 0 Å². The Bertz CT molecular complexity index is 846. The number of anilines is 1. The molecule has 0 aliphatic carbocycles. The number of hydrogen-bond acceptors (Lipinski definition) is 7. The number of carbonyl (C=O) groups is 3. The predicted molar refractivity (Wildman–Crippen MR) is 88.3 cm³/mol. The van der Waals surface area contributed by atoms with E-state index in [0.29, 0.717) is 24.7 Å². The Labute approximate surface area is 147 Å². The minimum atomic E-state index is -0.750. The van der Waals surface area contributed by atoms with Gasteiger partial charge in [0.2, 0.25) is 5.91 Å². The van der Waals surface area contributed by atoms with Crippen molar-refractivity contribution < 1.29 is 14.4 Å². The summed E-state index contributed by atoms with van der Waals surface area (Å²) in [5.74, 6) is 0.375. The highest BCUT2D eigenvalue weighted by atomic mass is 16.2. The average Bonchev–Trinajstić information content (AvgIpc) is 3.11. The molecule has 2 aliphatic heterocycles. The van der Waals surface area contributed by atoms with E-state index in [-0.39, 0.29) is 18.4 Å². The van der Waals surface area contributed by atoms with Crippen molar-refractivity contribution in [3.63, 3.8) is 0 Å². The van der Waals surface area contributed by atoms with Crippen molar-refractivity contribution in [2.45, 2.75) is 6.04 Å². The van der Waals surface area contributed by atoms with Gasteiger partial charge in [-0.25, -0.2) is 19.4 Å². The molecule has 2 aromatic heterocycles. The number of amides is 4. The Morgan fingerprint density at radius 2 is 2.04 bits per heavy atom. The molecule has 0 bridgehead atoms. The van der Waals surface area contributed by atoms with Gasteiger partial charge in [-0.3, -0.25) is 14.9 Å². The first-order chi connectivity index (χ1) is 12.6. The molecule has 3 N–H and O–H groups in total. The second-order valence-electron chi connectivity index (χ2n) is 6.05. The maximum atomic E-state index is 12.3. The lowest BCUT2D eigenvalue weighted by molar-refractivity contribution is -0.131. The van der Waals surface area contributed by atoms with Crippen molar-refractivity contribution in [2.24, 2.45) is 5.92 Å². The molecule has 134 valence electrons. The standard InChI is InChI=1S/C15H16N8O3/c24-13(20-10-5-16-15(26)21-14(10)25)9-6-22(7-9)11-4-12(18-8-17-11)23-3-1-2-19-23/h1-4,8-10H,5-7H2,(H,20,24)(H2,16,21,25,26). The summed E-state index contributed by atoms with van der Waals surface area (Å²) in [6.45, 7) is 1.07. The molecule has 2 saturated heterocycles. The molecule has 4 rings (SSSR count). The van der Waals surface area contributed by atoms with Gasteiger partial charge >= 0.3 is 6.03 Å². The Morgan fingerprint density at radius 3 is 2.77 bits per heavy atom. The van der Waals surface area contributed by atoms with E-state index in [4.69, 9.17) is 0 Å². The van der Waals surface area contributed by atoms with Crippen LogP contribution in [0, 0.1) is 5.92 Å². The SMILES string of the molecule is O=C1NCC(NC(=O)C2CN(c3cc(-n4cccn4)ncn3)C2)C(=O)N1. The maximum Gasteiger partial charge on any atom is 0.321 e. The summed E-state index contributed by atoms with van der Waals surface area (Å²) in [5, 5.41) is 11.4. The lowest BCUT2D eigenvalue weighted by Gasteiger charge is -2.39. The van der Waals surface area contributed by atoms with Crippen LogP contribution < -0.4 is 20.9 Å². The van der Waals surface area contributed by atoms with E-state index < -0.39 is 18.0 Å². The summed E-state index contributed by atoms with van der Waals surface area (Å²) >= 11 is 0. The van der Waals surface area contributed by atoms with Crippen LogP contribution in [-0.2, 0) is 9.59 Å². The van der Waals surface area contributed by atoms with Gasteiger partial charge in [-0.2, -0.15) is 5.10 Å². The summed E-state index contributed by atoms with van der Waals surface area (Å²) in [5.41, 5.74) is 0. The molecule has 2 fully saturated rings. The summed E-state index contributed by atoms with van der Waals surface area (Å²) in [6.07, 6.45) is 4.90. The zero-order chi connectivity index (χ0) is 18.1. The quantitative estimate of drug-likeness (QED) is 0.602. The van der Waals surface area contributed by atoms with Gasteiger partial charge in [-0.1, -0.05) is 0 Å². The monoisotopic (exact) mass is 356 g/mol. The second-order valence-corrected chi connectivity index (χ2v) is 6.05. The largest absolute Gasteiger partial charge is 0.355 e. The van der Waals surface area contributed by atoms with Gasteiger partial charge in [0.05, 0.1) is 5.92 Å². The van der Waals surface area contributed by atoms with Crippen LogP contribution in [0.5, 0.6) is 0 Å². The van der Waals surface area contributed by atoms with Gasteiger partial charge in [-0.05, 0) is 6.07 Å². The highest BCUT2D eigenvalue weighted by Gasteiger charge is 2.36. The average molecular weight is 356 g/mol. The van der Waals surface area contributed by atoms with Gasteiger partial charge in [0, 0.05) is 38.1 Å². The third-order valence-electron chi connectivity index (χ3n) is 4.29. The van der Waals surface area contributed by atoms with Crippen LogP contribution in [0.2, 0.25) is 0 Å². The molecule has 0 aromatic carbocycles. The third kappa shape index (κ3) is 3.06. The van der Waals surface area contributed by atoms with E-state index >= 15 is 0 Å². The maximum absolute atomic E-state index is 12.3. The fraction of sp³-hybridized carbons (Fsp3) is 0.333. The van der Waals surface area contributed by atoms with Gasteiger partial charge in [0.1, 0.15) is 18.2 Å². The number of carbonyl (C=O) groups excluding carboxylic acids is 3. The van der Waals surface area contributed by atoms with E-state index in [1.807, 2.05) is 4.90 Å². The normalized spacial score (nSPS) is 20.2. The molecule has 26 heavy (non-hydrogen) atoms. The van der Waals surface area contributed by atoms with Crippen LogP contribution in [-0.4, -0.2) is 63.3 Å². The lowest BCUT2D eigenvalue weighted by Crippen LogP contribution is -2.63.